The largest absolute Gasteiger partial charge is 0.494 e. The first-order valence-electron chi connectivity index (χ1n) is 9.28. The van der Waals surface area contributed by atoms with Crippen molar-refractivity contribution in [2.75, 3.05) is 24.3 Å². The fourth-order valence-electron chi connectivity index (χ4n) is 2.58. The second kappa shape index (κ2) is 9.92. The van der Waals surface area contributed by atoms with Gasteiger partial charge >= 0.3 is 0 Å². The van der Waals surface area contributed by atoms with Crippen molar-refractivity contribution in [2.45, 2.75) is 25.9 Å². The molecule has 0 saturated carbocycles. The SMILES string of the molecule is CCOc1ccc(OCC)c(NC(=O)CSc2nnnn2-c2ccc(C)cc2)c1. The maximum atomic E-state index is 12.5. The third-order valence-electron chi connectivity index (χ3n) is 3.89. The molecule has 0 aliphatic rings. The highest BCUT2D eigenvalue weighted by Crippen LogP contribution is 2.30. The van der Waals surface area contributed by atoms with Crippen molar-refractivity contribution in [1.82, 2.24) is 20.2 Å². The van der Waals surface area contributed by atoms with Gasteiger partial charge in [0.1, 0.15) is 11.5 Å². The van der Waals surface area contributed by atoms with Crippen LogP contribution in [0.2, 0.25) is 0 Å². The third kappa shape index (κ3) is 5.47. The first-order chi connectivity index (χ1) is 14.1. The fraction of sp³-hybridized carbons (Fsp3) is 0.300. The average molecular weight is 414 g/mol. The third-order valence-corrected chi connectivity index (χ3v) is 4.81. The van der Waals surface area contributed by atoms with E-state index in [2.05, 4.69) is 20.8 Å². The van der Waals surface area contributed by atoms with Gasteiger partial charge in [-0.1, -0.05) is 29.5 Å². The number of ether oxygens (including phenoxy) is 2. The summed E-state index contributed by atoms with van der Waals surface area (Å²) in [7, 11) is 0. The summed E-state index contributed by atoms with van der Waals surface area (Å²) < 4.78 is 12.7. The molecule has 0 atom stereocenters. The number of thioether (sulfide) groups is 1. The van der Waals surface area contributed by atoms with Crippen LogP contribution in [0, 0.1) is 6.92 Å². The van der Waals surface area contributed by atoms with Crippen LogP contribution in [0.4, 0.5) is 5.69 Å². The van der Waals surface area contributed by atoms with Crippen molar-refractivity contribution in [2.24, 2.45) is 0 Å². The van der Waals surface area contributed by atoms with Gasteiger partial charge in [-0.05, 0) is 55.5 Å². The van der Waals surface area contributed by atoms with Crippen LogP contribution in [0.3, 0.4) is 0 Å². The molecule has 0 unspecified atom stereocenters. The first-order valence-corrected chi connectivity index (χ1v) is 10.3. The van der Waals surface area contributed by atoms with E-state index in [1.54, 1.807) is 16.8 Å². The normalized spacial score (nSPS) is 10.6. The molecule has 152 valence electrons. The van der Waals surface area contributed by atoms with Crippen molar-refractivity contribution in [3.05, 3.63) is 48.0 Å². The molecule has 2 aromatic carbocycles. The molecule has 0 bridgehead atoms. The molecule has 1 N–H and O–H groups in total. The summed E-state index contributed by atoms with van der Waals surface area (Å²) in [6.07, 6.45) is 0. The van der Waals surface area contributed by atoms with E-state index in [9.17, 15) is 4.79 Å². The van der Waals surface area contributed by atoms with Crippen LogP contribution in [0.25, 0.3) is 5.69 Å². The zero-order valence-corrected chi connectivity index (χ0v) is 17.4. The molecule has 0 aliphatic carbocycles. The molecule has 9 heteroatoms. The molecular formula is C20H23N5O3S. The Labute approximate surface area is 173 Å². The van der Waals surface area contributed by atoms with Gasteiger partial charge < -0.3 is 14.8 Å². The average Bonchev–Trinajstić information content (AvgIpc) is 3.18. The highest BCUT2D eigenvalue weighted by Gasteiger charge is 2.14. The number of rotatable bonds is 9. The zero-order chi connectivity index (χ0) is 20.6. The van der Waals surface area contributed by atoms with Gasteiger partial charge in [-0.15, -0.1) is 5.10 Å². The fourth-order valence-corrected chi connectivity index (χ4v) is 3.27. The minimum Gasteiger partial charge on any atom is -0.494 e. The quantitative estimate of drug-likeness (QED) is 0.537. The highest BCUT2D eigenvalue weighted by molar-refractivity contribution is 7.99. The lowest BCUT2D eigenvalue weighted by Gasteiger charge is -2.13. The Balaban J connectivity index is 1.67. The van der Waals surface area contributed by atoms with E-state index in [1.165, 1.54) is 11.8 Å². The van der Waals surface area contributed by atoms with Crippen LogP contribution in [0.15, 0.2) is 47.6 Å². The van der Waals surface area contributed by atoms with Gasteiger partial charge in [-0.3, -0.25) is 4.79 Å². The van der Waals surface area contributed by atoms with Gasteiger partial charge in [0, 0.05) is 6.07 Å². The Kier molecular flexibility index (Phi) is 7.07. The Bertz CT molecular complexity index is 959. The predicted octanol–water partition coefficient (Wildman–Crippen LogP) is 3.50. The molecule has 0 spiro atoms. The number of carbonyl (C=O) groups is 1. The zero-order valence-electron chi connectivity index (χ0n) is 16.6. The summed E-state index contributed by atoms with van der Waals surface area (Å²) >= 11 is 1.26. The molecule has 0 radical (unpaired) electrons. The van der Waals surface area contributed by atoms with E-state index in [1.807, 2.05) is 51.1 Å². The number of amides is 1. The van der Waals surface area contributed by atoms with Gasteiger partial charge in [0.15, 0.2) is 0 Å². The minimum atomic E-state index is -0.192. The topological polar surface area (TPSA) is 91.2 Å². The van der Waals surface area contributed by atoms with Gasteiger partial charge in [0.25, 0.3) is 0 Å². The predicted molar refractivity (Wildman–Crippen MR) is 112 cm³/mol. The summed E-state index contributed by atoms with van der Waals surface area (Å²) in [6, 6.07) is 13.2. The molecule has 8 nitrogen and oxygen atoms in total. The molecule has 1 amide bonds. The molecule has 3 aromatic rings. The van der Waals surface area contributed by atoms with Gasteiger partial charge in [-0.25, -0.2) is 0 Å². The van der Waals surface area contributed by atoms with E-state index >= 15 is 0 Å². The molecule has 0 fully saturated rings. The smallest absolute Gasteiger partial charge is 0.234 e. The second-order valence-electron chi connectivity index (χ2n) is 6.07. The van der Waals surface area contributed by atoms with Gasteiger partial charge in [0.2, 0.25) is 11.1 Å². The Hall–Kier alpha value is -3.07. The summed E-state index contributed by atoms with van der Waals surface area (Å²) in [6.45, 7) is 6.85. The minimum absolute atomic E-state index is 0.149. The maximum absolute atomic E-state index is 12.5. The highest BCUT2D eigenvalue weighted by atomic mass is 32.2. The van der Waals surface area contributed by atoms with E-state index in [-0.39, 0.29) is 11.7 Å². The first kappa shape index (κ1) is 20.7. The number of nitrogens with zero attached hydrogens (tertiary/aromatic N) is 4. The molecule has 29 heavy (non-hydrogen) atoms. The lowest BCUT2D eigenvalue weighted by Crippen LogP contribution is -2.15. The van der Waals surface area contributed by atoms with Crippen LogP contribution in [0.1, 0.15) is 19.4 Å². The number of benzene rings is 2. The summed E-state index contributed by atoms with van der Waals surface area (Å²) in [5.41, 5.74) is 2.56. The van der Waals surface area contributed by atoms with Crippen LogP contribution in [-0.4, -0.2) is 45.1 Å². The lowest BCUT2D eigenvalue weighted by atomic mass is 10.2. The number of carbonyl (C=O) groups excluding carboxylic acids is 1. The number of tetrazole rings is 1. The molecular weight excluding hydrogens is 390 g/mol. The number of hydrogen-bond acceptors (Lipinski definition) is 7. The Morgan fingerprint density at radius 2 is 1.86 bits per heavy atom. The number of aromatic nitrogens is 4. The molecule has 1 heterocycles. The van der Waals surface area contributed by atoms with Crippen LogP contribution in [-0.2, 0) is 4.79 Å². The monoisotopic (exact) mass is 413 g/mol. The Morgan fingerprint density at radius 3 is 2.59 bits per heavy atom. The standard InChI is InChI=1S/C20H23N5O3S/c1-4-27-16-10-11-18(28-5-2)17(12-16)21-19(26)13-29-20-22-23-24-25(20)15-8-6-14(3)7-9-15/h6-12H,4-5,13H2,1-3H3,(H,21,26). The van der Waals surface area contributed by atoms with Crippen LogP contribution >= 0.6 is 11.8 Å². The summed E-state index contributed by atoms with van der Waals surface area (Å²) in [5, 5.41) is 15.2. The number of anilines is 1. The van der Waals surface area contributed by atoms with Crippen molar-refractivity contribution < 1.29 is 14.3 Å². The van der Waals surface area contributed by atoms with E-state index in [0.29, 0.717) is 35.6 Å². The summed E-state index contributed by atoms with van der Waals surface area (Å²) in [5.74, 6) is 1.22. The molecule has 1 aromatic heterocycles. The van der Waals surface area contributed by atoms with E-state index in [4.69, 9.17) is 9.47 Å². The van der Waals surface area contributed by atoms with Crippen LogP contribution < -0.4 is 14.8 Å². The number of aryl methyl sites for hydroxylation is 1. The van der Waals surface area contributed by atoms with Crippen molar-refractivity contribution in [1.29, 1.82) is 0 Å². The summed E-state index contributed by atoms with van der Waals surface area (Å²) in [4.78, 5) is 12.5. The van der Waals surface area contributed by atoms with E-state index in [0.717, 1.165) is 11.3 Å². The number of nitrogens with one attached hydrogen (secondary N) is 1. The van der Waals surface area contributed by atoms with Crippen molar-refractivity contribution >= 4 is 23.4 Å². The lowest BCUT2D eigenvalue weighted by molar-refractivity contribution is -0.113. The molecule has 0 aliphatic heterocycles. The Morgan fingerprint density at radius 1 is 1.10 bits per heavy atom. The van der Waals surface area contributed by atoms with Gasteiger partial charge in [0.05, 0.1) is 30.3 Å². The van der Waals surface area contributed by atoms with E-state index < -0.39 is 0 Å². The number of hydrogen-bond donors (Lipinski definition) is 1. The molecule has 3 rings (SSSR count). The second-order valence-corrected chi connectivity index (χ2v) is 7.01. The van der Waals surface area contributed by atoms with Crippen molar-refractivity contribution in [3.8, 4) is 17.2 Å². The maximum Gasteiger partial charge on any atom is 0.234 e. The van der Waals surface area contributed by atoms with Gasteiger partial charge in [-0.2, -0.15) is 4.68 Å². The molecule has 0 saturated heterocycles. The van der Waals surface area contributed by atoms with Crippen LogP contribution in [0.5, 0.6) is 11.5 Å². The van der Waals surface area contributed by atoms with Crippen molar-refractivity contribution in [3.63, 3.8) is 0 Å².